The minimum absolute atomic E-state index is 0.0547. The van der Waals surface area contributed by atoms with Gasteiger partial charge < -0.3 is 24.8 Å². The van der Waals surface area contributed by atoms with Gasteiger partial charge in [-0.2, -0.15) is 4.98 Å². The summed E-state index contributed by atoms with van der Waals surface area (Å²) in [6.07, 6.45) is 3.37. The highest BCUT2D eigenvalue weighted by Gasteiger charge is 2.21. The first-order chi connectivity index (χ1) is 17.0. The van der Waals surface area contributed by atoms with Gasteiger partial charge >= 0.3 is 0 Å². The van der Waals surface area contributed by atoms with E-state index in [1.807, 2.05) is 0 Å². The van der Waals surface area contributed by atoms with E-state index in [0.29, 0.717) is 46.8 Å². The van der Waals surface area contributed by atoms with E-state index >= 15 is 0 Å². The molecule has 1 heterocycles. The molecule has 35 heavy (non-hydrogen) atoms. The second kappa shape index (κ2) is 11.2. The van der Waals surface area contributed by atoms with E-state index in [4.69, 9.17) is 14.2 Å². The predicted octanol–water partition coefficient (Wildman–Crippen LogP) is 4.12. The van der Waals surface area contributed by atoms with E-state index in [-0.39, 0.29) is 11.8 Å². The summed E-state index contributed by atoms with van der Waals surface area (Å²) in [5.41, 5.74) is 1.59. The number of rotatable bonds is 12. The van der Waals surface area contributed by atoms with Crippen molar-refractivity contribution in [2.75, 3.05) is 43.2 Å². The van der Waals surface area contributed by atoms with Gasteiger partial charge in [-0.05, 0) is 30.9 Å². The molecule has 10 nitrogen and oxygen atoms in total. The fourth-order valence-electron chi connectivity index (χ4n) is 3.26. The molecule has 0 saturated heterocycles. The molecule has 12 heteroatoms. The Labute approximate surface area is 205 Å². The summed E-state index contributed by atoms with van der Waals surface area (Å²) in [6.45, 7) is 0.686. The van der Waals surface area contributed by atoms with Gasteiger partial charge in [-0.3, -0.25) is 4.72 Å². The van der Waals surface area contributed by atoms with E-state index in [0.717, 1.165) is 19.0 Å². The summed E-state index contributed by atoms with van der Waals surface area (Å²) in [5, 5.41) is 5.97. The zero-order valence-corrected chi connectivity index (χ0v) is 20.4. The number of nitrogens with zero attached hydrogens (tertiary/aromatic N) is 2. The summed E-state index contributed by atoms with van der Waals surface area (Å²) in [5.74, 6) is 1.35. The lowest BCUT2D eigenvalue weighted by Gasteiger charge is -2.16. The molecule has 186 valence electrons. The average molecular weight is 503 g/mol. The third-order valence-electron chi connectivity index (χ3n) is 5.25. The molecule has 0 amide bonds. The van der Waals surface area contributed by atoms with Crippen molar-refractivity contribution in [1.82, 2.24) is 14.7 Å². The standard InChI is InChI=1S/C23H27FN6O4S/c1-32-19-10-15(11-20(33-2)21(19)34-3)27-23-25-13-16(24)22(29-23)28-17-6-4-5-7-18(17)30-35(31)26-12-14-8-9-14/h4-7,10-11,13-14,26,30H,8-9,12H2,1-3H3,(H2,25,27,28,29). The van der Waals surface area contributed by atoms with Gasteiger partial charge in [0.05, 0.1) is 38.9 Å². The van der Waals surface area contributed by atoms with Crippen molar-refractivity contribution in [3.05, 3.63) is 48.4 Å². The minimum Gasteiger partial charge on any atom is -0.493 e. The molecule has 0 aliphatic heterocycles. The summed E-state index contributed by atoms with van der Waals surface area (Å²) in [6, 6.07) is 10.4. The monoisotopic (exact) mass is 502 g/mol. The lowest BCUT2D eigenvalue weighted by Crippen LogP contribution is -2.25. The Morgan fingerprint density at radius 2 is 1.71 bits per heavy atom. The number of hydrogen-bond acceptors (Lipinski definition) is 8. The highest BCUT2D eigenvalue weighted by atomic mass is 32.2. The number of para-hydroxylation sites is 2. The van der Waals surface area contributed by atoms with Crippen LogP contribution in [0, 0.1) is 11.7 Å². The molecule has 0 spiro atoms. The number of ether oxygens (including phenoxy) is 3. The Balaban J connectivity index is 1.52. The molecule has 1 aliphatic carbocycles. The largest absolute Gasteiger partial charge is 0.493 e. The molecule has 0 bridgehead atoms. The maximum atomic E-state index is 14.6. The number of halogens is 1. The van der Waals surface area contributed by atoms with Crippen LogP contribution in [0.4, 0.5) is 33.2 Å². The molecular weight excluding hydrogens is 475 g/mol. The van der Waals surface area contributed by atoms with Crippen LogP contribution in [0.5, 0.6) is 17.2 Å². The maximum Gasteiger partial charge on any atom is 0.229 e. The number of methoxy groups -OCH3 is 3. The summed E-state index contributed by atoms with van der Waals surface area (Å²) >= 11 is -1.48. The van der Waals surface area contributed by atoms with Gasteiger partial charge in [0.25, 0.3) is 0 Å². The molecule has 1 aromatic heterocycles. The Morgan fingerprint density at radius 1 is 1.03 bits per heavy atom. The lowest BCUT2D eigenvalue weighted by atomic mass is 10.2. The van der Waals surface area contributed by atoms with Crippen LogP contribution >= 0.6 is 0 Å². The zero-order valence-electron chi connectivity index (χ0n) is 19.6. The van der Waals surface area contributed by atoms with Crippen LogP contribution in [0.3, 0.4) is 0 Å². The summed E-state index contributed by atoms with van der Waals surface area (Å²) in [4.78, 5) is 8.29. The van der Waals surface area contributed by atoms with Crippen molar-refractivity contribution in [3.8, 4) is 17.2 Å². The minimum atomic E-state index is -1.48. The lowest BCUT2D eigenvalue weighted by molar-refractivity contribution is 0.324. The van der Waals surface area contributed by atoms with Crippen LogP contribution in [0.2, 0.25) is 0 Å². The van der Waals surface area contributed by atoms with Crippen LogP contribution in [-0.2, 0) is 11.2 Å². The average Bonchev–Trinajstić information content (AvgIpc) is 3.70. The van der Waals surface area contributed by atoms with E-state index in [1.165, 1.54) is 21.3 Å². The molecule has 1 aliphatic rings. The van der Waals surface area contributed by atoms with E-state index in [9.17, 15) is 8.60 Å². The van der Waals surface area contributed by atoms with Crippen LogP contribution in [-0.4, -0.2) is 42.1 Å². The first kappa shape index (κ1) is 24.5. The van der Waals surface area contributed by atoms with Crippen molar-refractivity contribution in [2.45, 2.75) is 12.8 Å². The fourth-order valence-corrected chi connectivity index (χ4v) is 4.09. The molecule has 4 N–H and O–H groups in total. The highest BCUT2D eigenvalue weighted by molar-refractivity contribution is 7.84. The van der Waals surface area contributed by atoms with E-state index < -0.39 is 17.0 Å². The second-order valence-electron chi connectivity index (χ2n) is 7.76. The smallest absolute Gasteiger partial charge is 0.229 e. The van der Waals surface area contributed by atoms with E-state index in [2.05, 4.69) is 30.0 Å². The van der Waals surface area contributed by atoms with E-state index in [1.54, 1.807) is 36.4 Å². The highest BCUT2D eigenvalue weighted by Crippen LogP contribution is 2.40. The van der Waals surface area contributed by atoms with Crippen molar-refractivity contribution in [3.63, 3.8) is 0 Å². The molecule has 3 aromatic rings. The first-order valence-corrected chi connectivity index (χ1v) is 12.0. The second-order valence-corrected chi connectivity index (χ2v) is 8.79. The molecule has 2 aromatic carbocycles. The molecule has 0 radical (unpaired) electrons. The van der Waals surface area contributed by atoms with Gasteiger partial charge in [0.2, 0.25) is 11.7 Å². The Morgan fingerprint density at radius 3 is 2.34 bits per heavy atom. The predicted molar refractivity (Wildman–Crippen MR) is 134 cm³/mol. The Kier molecular flexibility index (Phi) is 7.83. The first-order valence-electron chi connectivity index (χ1n) is 10.9. The number of nitrogens with one attached hydrogen (secondary N) is 4. The van der Waals surface area contributed by atoms with Crippen molar-refractivity contribution < 1.29 is 22.8 Å². The van der Waals surface area contributed by atoms with Crippen molar-refractivity contribution >= 4 is 40.0 Å². The maximum absolute atomic E-state index is 14.6. The number of aromatic nitrogens is 2. The van der Waals surface area contributed by atoms with Gasteiger partial charge in [-0.1, -0.05) is 12.1 Å². The van der Waals surface area contributed by atoms with Crippen molar-refractivity contribution in [2.24, 2.45) is 5.92 Å². The summed E-state index contributed by atoms with van der Waals surface area (Å²) < 4.78 is 48.8. The van der Waals surface area contributed by atoms with Crippen LogP contribution in [0.15, 0.2) is 42.6 Å². The quantitative estimate of drug-likeness (QED) is 0.292. The van der Waals surface area contributed by atoms with Crippen LogP contribution in [0.1, 0.15) is 12.8 Å². The summed E-state index contributed by atoms with van der Waals surface area (Å²) in [7, 11) is 4.54. The Bertz CT molecular complexity index is 1190. The Hall–Kier alpha value is -3.64. The third-order valence-corrected chi connectivity index (χ3v) is 6.08. The zero-order chi connectivity index (χ0) is 24.8. The SMILES string of the molecule is COc1cc(Nc2ncc(F)c(Nc3ccccc3NS(=O)NCC3CC3)n2)cc(OC)c1OC. The topological polar surface area (TPSA) is 119 Å². The number of benzene rings is 2. The van der Waals surface area contributed by atoms with Crippen LogP contribution < -0.4 is 34.3 Å². The van der Waals surface area contributed by atoms with Gasteiger partial charge in [0.15, 0.2) is 34.3 Å². The molecule has 4 rings (SSSR count). The normalized spacial score (nSPS) is 13.6. The molecule has 1 fully saturated rings. The van der Waals surface area contributed by atoms with Gasteiger partial charge in [0.1, 0.15) is 0 Å². The molecule has 1 unspecified atom stereocenters. The van der Waals surface area contributed by atoms with Crippen molar-refractivity contribution in [1.29, 1.82) is 0 Å². The van der Waals surface area contributed by atoms with Gasteiger partial charge in [-0.25, -0.2) is 18.3 Å². The van der Waals surface area contributed by atoms with Crippen LogP contribution in [0.25, 0.3) is 0 Å². The van der Waals surface area contributed by atoms with Gasteiger partial charge in [0, 0.05) is 24.4 Å². The third kappa shape index (κ3) is 6.28. The number of hydrogen-bond donors (Lipinski definition) is 4. The molecule has 1 atom stereocenters. The fraction of sp³-hybridized carbons (Fsp3) is 0.304. The number of anilines is 5. The van der Waals surface area contributed by atoms with Gasteiger partial charge in [-0.15, -0.1) is 0 Å². The molecular formula is C23H27FN6O4S. The molecule has 1 saturated carbocycles.